The average molecular weight is 468 g/mol. The zero-order valence-corrected chi connectivity index (χ0v) is 18.9. The number of ether oxygens (including phenoxy) is 2. The Bertz CT molecular complexity index is 1180. The first-order valence-electron chi connectivity index (χ1n) is 10.2. The standard InChI is InChI=1S/C24H25N3O5S/c1-31-22-10-9-21(16-23(22)32-18-20-8-5-13-25-17-20)27-24(28)11-14-26-33(29,30)15-12-19-6-3-2-4-7-19/h2-10,12-13,15-17,26H,11,14,18H2,1H3,(H,27,28)/b15-12+. The molecular weight excluding hydrogens is 442 g/mol. The number of hydrogen-bond donors (Lipinski definition) is 2. The van der Waals surface area contributed by atoms with E-state index in [0.29, 0.717) is 23.8 Å². The van der Waals surface area contributed by atoms with Crippen molar-refractivity contribution < 1.29 is 22.7 Å². The number of methoxy groups -OCH3 is 1. The number of anilines is 1. The number of carbonyl (C=O) groups excluding carboxylic acids is 1. The fourth-order valence-electron chi connectivity index (χ4n) is 2.82. The summed E-state index contributed by atoms with van der Waals surface area (Å²) < 4.78 is 37.7. The van der Waals surface area contributed by atoms with Crippen molar-refractivity contribution in [2.75, 3.05) is 19.0 Å². The Morgan fingerprint density at radius 3 is 2.61 bits per heavy atom. The van der Waals surface area contributed by atoms with Gasteiger partial charge in [0.1, 0.15) is 6.61 Å². The van der Waals surface area contributed by atoms with Gasteiger partial charge in [-0.2, -0.15) is 0 Å². The van der Waals surface area contributed by atoms with Crippen LogP contribution in [0.4, 0.5) is 5.69 Å². The number of amides is 1. The SMILES string of the molecule is COc1ccc(NC(=O)CCNS(=O)(=O)/C=C/c2ccccc2)cc1OCc1cccnc1. The fraction of sp³-hybridized carbons (Fsp3) is 0.167. The number of carbonyl (C=O) groups is 1. The summed E-state index contributed by atoms with van der Waals surface area (Å²) in [6, 6.07) is 17.8. The highest BCUT2D eigenvalue weighted by atomic mass is 32.2. The van der Waals surface area contributed by atoms with E-state index in [1.54, 1.807) is 42.7 Å². The molecule has 0 unspecified atom stereocenters. The largest absolute Gasteiger partial charge is 0.493 e. The molecule has 0 aliphatic heterocycles. The van der Waals surface area contributed by atoms with Crippen LogP contribution in [0.3, 0.4) is 0 Å². The van der Waals surface area contributed by atoms with Crippen molar-refractivity contribution in [3.05, 3.63) is 89.6 Å². The molecule has 0 atom stereocenters. The maximum absolute atomic E-state index is 12.3. The summed E-state index contributed by atoms with van der Waals surface area (Å²) in [7, 11) is -2.12. The molecular formula is C24H25N3O5S. The molecule has 9 heteroatoms. The summed E-state index contributed by atoms with van der Waals surface area (Å²) >= 11 is 0. The van der Waals surface area contributed by atoms with Crippen LogP contribution in [0.15, 0.2) is 78.5 Å². The minimum absolute atomic E-state index is 0.0314. The van der Waals surface area contributed by atoms with Gasteiger partial charge < -0.3 is 14.8 Å². The Kier molecular flexibility index (Phi) is 8.56. The molecule has 0 fully saturated rings. The Hall–Kier alpha value is -3.69. The molecule has 1 aromatic heterocycles. The number of sulfonamides is 1. The Morgan fingerprint density at radius 1 is 1.06 bits per heavy atom. The van der Waals surface area contributed by atoms with Crippen LogP contribution in [0.5, 0.6) is 11.5 Å². The molecule has 0 radical (unpaired) electrons. The highest BCUT2D eigenvalue weighted by Gasteiger charge is 2.10. The summed E-state index contributed by atoms with van der Waals surface area (Å²) in [4.78, 5) is 16.3. The Balaban J connectivity index is 1.51. The van der Waals surface area contributed by atoms with Crippen LogP contribution in [-0.4, -0.2) is 33.0 Å². The lowest BCUT2D eigenvalue weighted by Crippen LogP contribution is -2.26. The molecule has 0 spiro atoms. The summed E-state index contributed by atoms with van der Waals surface area (Å²) in [6.07, 6.45) is 4.84. The first kappa shape index (κ1) is 24.0. The third-order valence-electron chi connectivity index (χ3n) is 4.46. The van der Waals surface area contributed by atoms with E-state index in [2.05, 4.69) is 15.0 Å². The first-order chi connectivity index (χ1) is 15.9. The second-order valence-corrected chi connectivity index (χ2v) is 8.62. The van der Waals surface area contributed by atoms with E-state index < -0.39 is 10.0 Å². The number of nitrogens with one attached hydrogen (secondary N) is 2. The number of aromatic nitrogens is 1. The molecule has 8 nitrogen and oxygen atoms in total. The molecule has 2 aromatic carbocycles. The molecule has 33 heavy (non-hydrogen) atoms. The van der Waals surface area contributed by atoms with Crippen LogP contribution in [-0.2, 0) is 21.4 Å². The van der Waals surface area contributed by atoms with Crippen LogP contribution in [0.25, 0.3) is 6.08 Å². The zero-order valence-electron chi connectivity index (χ0n) is 18.1. The van der Waals surface area contributed by atoms with E-state index in [0.717, 1.165) is 16.5 Å². The van der Waals surface area contributed by atoms with Gasteiger partial charge in [0, 0.05) is 48.1 Å². The normalized spacial score (nSPS) is 11.3. The molecule has 0 saturated carbocycles. The van der Waals surface area contributed by atoms with Gasteiger partial charge in [-0.25, -0.2) is 13.1 Å². The van der Waals surface area contributed by atoms with Gasteiger partial charge in [-0.3, -0.25) is 9.78 Å². The van der Waals surface area contributed by atoms with Gasteiger partial charge in [0.2, 0.25) is 15.9 Å². The van der Waals surface area contributed by atoms with Crippen molar-refractivity contribution in [3.63, 3.8) is 0 Å². The molecule has 2 N–H and O–H groups in total. The van der Waals surface area contributed by atoms with Gasteiger partial charge in [0.25, 0.3) is 0 Å². The minimum Gasteiger partial charge on any atom is -0.493 e. The molecule has 3 rings (SSSR count). The van der Waals surface area contributed by atoms with Crippen LogP contribution in [0.2, 0.25) is 0 Å². The lowest BCUT2D eigenvalue weighted by atomic mass is 10.2. The lowest BCUT2D eigenvalue weighted by Gasteiger charge is -2.13. The Labute approximate surface area is 193 Å². The third-order valence-corrected chi connectivity index (χ3v) is 5.56. The molecule has 0 aliphatic rings. The molecule has 0 bridgehead atoms. The highest BCUT2D eigenvalue weighted by molar-refractivity contribution is 7.92. The maximum Gasteiger partial charge on any atom is 0.233 e. The van der Waals surface area contributed by atoms with Crippen molar-refractivity contribution in [2.24, 2.45) is 0 Å². The average Bonchev–Trinajstić information content (AvgIpc) is 2.83. The molecule has 0 aliphatic carbocycles. The molecule has 0 saturated heterocycles. The summed E-state index contributed by atoms with van der Waals surface area (Å²) in [5.41, 5.74) is 2.16. The lowest BCUT2D eigenvalue weighted by molar-refractivity contribution is -0.116. The Morgan fingerprint density at radius 2 is 1.88 bits per heavy atom. The zero-order chi connectivity index (χ0) is 23.5. The van der Waals surface area contributed by atoms with Crippen molar-refractivity contribution in [1.82, 2.24) is 9.71 Å². The van der Waals surface area contributed by atoms with E-state index in [4.69, 9.17) is 9.47 Å². The fourth-order valence-corrected chi connectivity index (χ4v) is 3.64. The van der Waals surface area contributed by atoms with Gasteiger partial charge in [-0.05, 0) is 29.8 Å². The smallest absolute Gasteiger partial charge is 0.233 e. The third kappa shape index (κ3) is 8.06. The van der Waals surface area contributed by atoms with E-state index in [1.807, 2.05) is 30.3 Å². The van der Waals surface area contributed by atoms with Crippen LogP contribution >= 0.6 is 0 Å². The number of pyridine rings is 1. The van der Waals surface area contributed by atoms with Crippen molar-refractivity contribution >= 4 is 27.7 Å². The predicted octanol–water partition coefficient (Wildman–Crippen LogP) is 3.59. The van der Waals surface area contributed by atoms with Crippen LogP contribution < -0.4 is 19.5 Å². The van der Waals surface area contributed by atoms with Gasteiger partial charge in [0.05, 0.1) is 7.11 Å². The molecule has 1 amide bonds. The second kappa shape index (κ2) is 11.8. The number of benzene rings is 2. The quantitative estimate of drug-likeness (QED) is 0.446. The highest BCUT2D eigenvalue weighted by Crippen LogP contribution is 2.31. The predicted molar refractivity (Wildman–Crippen MR) is 127 cm³/mol. The maximum atomic E-state index is 12.3. The summed E-state index contributed by atoms with van der Waals surface area (Å²) in [6.45, 7) is 0.258. The van der Waals surface area contributed by atoms with Gasteiger partial charge in [-0.15, -0.1) is 0 Å². The van der Waals surface area contributed by atoms with Crippen LogP contribution in [0, 0.1) is 0 Å². The van der Waals surface area contributed by atoms with E-state index in [-0.39, 0.29) is 18.9 Å². The molecule has 172 valence electrons. The van der Waals surface area contributed by atoms with Crippen LogP contribution in [0.1, 0.15) is 17.5 Å². The second-order valence-electron chi connectivity index (χ2n) is 6.97. The molecule has 1 heterocycles. The first-order valence-corrected chi connectivity index (χ1v) is 11.7. The van der Waals surface area contributed by atoms with E-state index in [9.17, 15) is 13.2 Å². The number of nitrogens with zero attached hydrogens (tertiary/aromatic N) is 1. The van der Waals surface area contributed by atoms with Crippen molar-refractivity contribution in [2.45, 2.75) is 13.0 Å². The topological polar surface area (TPSA) is 107 Å². The summed E-state index contributed by atoms with van der Waals surface area (Å²) in [5, 5.41) is 3.82. The minimum atomic E-state index is -3.65. The van der Waals surface area contributed by atoms with E-state index in [1.165, 1.54) is 13.2 Å². The molecule has 3 aromatic rings. The monoisotopic (exact) mass is 467 g/mol. The number of hydrogen-bond acceptors (Lipinski definition) is 6. The number of rotatable bonds is 11. The summed E-state index contributed by atoms with van der Waals surface area (Å²) in [5.74, 6) is 0.647. The van der Waals surface area contributed by atoms with Crippen molar-refractivity contribution in [1.29, 1.82) is 0 Å². The van der Waals surface area contributed by atoms with Gasteiger partial charge in [-0.1, -0.05) is 36.4 Å². The van der Waals surface area contributed by atoms with Crippen molar-refractivity contribution in [3.8, 4) is 11.5 Å². The van der Waals surface area contributed by atoms with Gasteiger partial charge >= 0.3 is 0 Å². The van der Waals surface area contributed by atoms with E-state index >= 15 is 0 Å². The van der Waals surface area contributed by atoms with Gasteiger partial charge in [0.15, 0.2) is 11.5 Å².